The first-order valence-electron chi connectivity index (χ1n) is 14.4. The number of rotatable bonds is 2. The van der Waals surface area contributed by atoms with E-state index in [4.69, 9.17) is 8.22 Å². The minimum absolute atomic E-state index is 0.276. The fourth-order valence-electron chi connectivity index (χ4n) is 5.29. The van der Waals surface area contributed by atoms with E-state index in [1.807, 2.05) is 54.4 Å². The van der Waals surface area contributed by atoms with Gasteiger partial charge in [0.2, 0.25) is 5.69 Å². The molecule has 2 nitrogen and oxygen atoms in total. The fraction of sp³-hybridized carbons (Fsp3) is 0.156. The first kappa shape index (κ1) is 15.1. The molecule has 166 valence electrons. The summed E-state index contributed by atoms with van der Waals surface area (Å²) in [4.78, 5) is 0. The molecule has 2 heteroatoms. The Balaban J connectivity index is 1.73. The van der Waals surface area contributed by atoms with Crippen LogP contribution in [0.5, 0.6) is 0 Å². The molecule has 0 atom stereocenters. The number of hydrogen-bond donors (Lipinski definition) is 0. The summed E-state index contributed by atoms with van der Waals surface area (Å²) in [6.07, 6.45) is 1.69. The summed E-state index contributed by atoms with van der Waals surface area (Å²) in [7, 11) is 3.77. The highest BCUT2D eigenvalue weighted by Gasteiger charge is 2.24. The molecule has 2 aromatic heterocycles. The molecule has 2 heterocycles. The van der Waals surface area contributed by atoms with Crippen LogP contribution in [0.3, 0.4) is 0 Å². The monoisotopic (exact) mass is 447 g/mol. The molecule has 34 heavy (non-hydrogen) atoms. The maximum Gasteiger partial charge on any atom is 0.222 e. The highest BCUT2D eigenvalue weighted by molar-refractivity contribution is 6.17. The SMILES string of the molecule is [2H]C([2H])([2H])c1ccc(-c2c3c4cc5cc(-c6ccccc6)ccc5cc4n(C)c3c(C([2H])([2H])[2H])c[n+]2C)c(C)c1. The average molecular weight is 448 g/mol. The van der Waals surface area contributed by atoms with E-state index in [2.05, 4.69) is 42.5 Å². The van der Waals surface area contributed by atoms with Crippen LogP contribution in [0.4, 0.5) is 0 Å². The number of benzene rings is 4. The van der Waals surface area contributed by atoms with Crippen LogP contribution in [0.2, 0.25) is 0 Å². The molecule has 0 N–H and O–H groups in total. The van der Waals surface area contributed by atoms with Crippen molar-refractivity contribution in [2.75, 3.05) is 0 Å². The van der Waals surface area contributed by atoms with Crippen molar-refractivity contribution >= 4 is 32.6 Å². The molecule has 0 amide bonds. The molecule has 0 unspecified atom stereocenters. The summed E-state index contributed by atoms with van der Waals surface area (Å²) < 4.78 is 52.4. The van der Waals surface area contributed by atoms with Gasteiger partial charge >= 0.3 is 0 Å². The Labute approximate surface area is 209 Å². The van der Waals surface area contributed by atoms with Crippen LogP contribution in [-0.2, 0) is 14.1 Å². The molecule has 0 fully saturated rings. The molecule has 0 saturated heterocycles. The normalized spacial score (nSPS) is 15.0. The lowest BCUT2D eigenvalue weighted by Crippen LogP contribution is -2.31. The highest BCUT2D eigenvalue weighted by Crippen LogP contribution is 2.39. The third-order valence-electron chi connectivity index (χ3n) is 6.91. The van der Waals surface area contributed by atoms with Gasteiger partial charge in [0.25, 0.3) is 0 Å². The van der Waals surface area contributed by atoms with Crippen molar-refractivity contribution in [1.29, 1.82) is 0 Å². The smallest absolute Gasteiger partial charge is 0.222 e. The Morgan fingerprint density at radius 2 is 1.65 bits per heavy atom. The van der Waals surface area contributed by atoms with Crippen molar-refractivity contribution in [3.05, 3.63) is 102 Å². The zero-order chi connectivity index (χ0) is 28.6. The summed E-state index contributed by atoms with van der Waals surface area (Å²) in [6, 6.07) is 26.1. The number of hydrogen-bond acceptors (Lipinski definition) is 0. The minimum atomic E-state index is -2.32. The van der Waals surface area contributed by atoms with Gasteiger partial charge in [0.1, 0.15) is 7.05 Å². The Morgan fingerprint density at radius 1 is 0.794 bits per heavy atom. The van der Waals surface area contributed by atoms with Crippen LogP contribution in [0.25, 0.3) is 55.0 Å². The molecule has 0 bridgehead atoms. The first-order chi connectivity index (χ1) is 18.8. The van der Waals surface area contributed by atoms with Crippen LogP contribution in [-0.4, -0.2) is 4.57 Å². The summed E-state index contributed by atoms with van der Waals surface area (Å²) in [5.74, 6) is 0. The summed E-state index contributed by atoms with van der Waals surface area (Å²) >= 11 is 0. The van der Waals surface area contributed by atoms with Crippen molar-refractivity contribution in [3.8, 4) is 22.4 Å². The zero-order valence-electron chi connectivity index (χ0n) is 25.5. The third kappa shape index (κ3) is 3.06. The predicted molar refractivity (Wildman–Crippen MR) is 144 cm³/mol. The predicted octanol–water partition coefficient (Wildman–Crippen LogP) is 7.57. The standard InChI is InChI=1S/C32H29N2/c1-20-11-14-27(21(2)15-20)32-30-28-17-26-16-24(23-9-7-6-8-10-23)12-13-25(26)18-29(28)34(5)31(30)22(3)19-33(32)4/h6-19H,1-5H3/q+1/i1D3,3D3. The van der Waals surface area contributed by atoms with E-state index in [-0.39, 0.29) is 11.1 Å². The van der Waals surface area contributed by atoms with Gasteiger partial charge in [0.15, 0.2) is 6.20 Å². The topological polar surface area (TPSA) is 8.81 Å². The van der Waals surface area contributed by atoms with E-state index in [0.717, 1.165) is 55.0 Å². The second-order valence-electron chi connectivity index (χ2n) is 9.11. The molecular weight excluding hydrogens is 412 g/mol. The molecule has 0 saturated carbocycles. The number of pyridine rings is 1. The second-order valence-corrected chi connectivity index (χ2v) is 9.11. The molecular formula is C32H29N2+. The maximum atomic E-state index is 8.35. The van der Waals surface area contributed by atoms with Crippen LogP contribution >= 0.6 is 0 Å². The van der Waals surface area contributed by atoms with Crippen molar-refractivity contribution in [2.24, 2.45) is 14.1 Å². The lowest BCUT2D eigenvalue weighted by atomic mass is 9.96. The van der Waals surface area contributed by atoms with Crippen molar-refractivity contribution in [1.82, 2.24) is 4.57 Å². The van der Waals surface area contributed by atoms with Crippen molar-refractivity contribution in [3.63, 3.8) is 0 Å². The summed E-state index contributed by atoms with van der Waals surface area (Å²) in [5, 5.41) is 3.91. The third-order valence-corrected chi connectivity index (χ3v) is 6.91. The van der Waals surface area contributed by atoms with E-state index in [1.165, 1.54) is 0 Å². The van der Waals surface area contributed by atoms with E-state index < -0.39 is 13.7 Å². The van der Waals surface area contributed by atoms with Gasteiger partial charge in [-0.2, -0.15) is 0 Å². The van der Waals surface area contributed by atoms with Crippen LogP contribution in [0.1, 0.15) is 24.9 Å². The molecule has 4 aromatic carbocycles. The number of fused-ring (bicyclic) bond motifs is 4. The Bertz CT molecular complexity index is 1950. The first-order valence-corrected chi connectivity index (χ1v) is 11.4. The zero-order valence-corrected chi connectivity index (χ0v) is 19.5. The van der Waals surface area contributed by atoms with Crippen molar-refractivity contribution < 1.29 is 12.8 Å². The van der Waals surface area contributed by atoms with Gasteiger partial charge in [-0.3, -0.25) is 0 Å². The van der Waals surface area contributed by atoms with Gasteiger partial charge in [-0.25, -0.2) is 4.57 Å². The molecule has 6 rings (SSSR count). The summed E-state index contributed by atoms with van der Waals surface area (Å²) in [5.41, 5.74) is 6.91. The van der Waals surface area contributed by atoms with Gasteiger partial charge in [-0.1, -0.05) is 60.2 Å². The molecule has 0 aliphatic heterocycles. The van der Waals surface area contributed by atoms with Gasteiger partial charge in [-0.05, 0) is 72.4 Å². The Kier molecular flexibility index (Phi) is 3.35. The number of nitrogens with zero attached hydrogens (tertiary/aromatic N) is 2. The molecule has 0 radical (unpaired) electrons. The molecule has 0 spiro atoms. The minimum Gasteiger partial charge on any atom is -0.343 e. The largest absolute Gasteiger partial charge is 0.343 e. The Hall–Kier alpha value is -3.91. The highest BCUT2D eigenvalue weighted by atomic mass is 15.0. The Morgan fingerprint density at radius 3 is 2.41 bits per heavy atom. The molecule has 0 aliphatic carbocycles. The lowest BCUT2D eigenvalue weighted by Gasteiger charge is -2.09. The fourth-order valence-corrected chi connectivity index (χ4v) is 5.29. The number of aryl methyl sites for hydroxylation is 5. The van der Waals surface area contributed by atoms with Crippen LogP contribution in [0, 0.1) is 20.6 Å². The lowest BCUT2D eigenvalue weighted by molar-refractivity contribution is -0.659. The van der Waals surface area contributed by atoms with E-state index in [9.17, 15) is 0 Å². The molecule has 6 aromatic rings. The van der Waals surface area contributed by atoms with E-state index >= 15 is 0 Å². The van der Waals surface area contributed by atoms with Crippen LogP contribution < -0.4 is 4.57 Å². The van der Waals surface area contributed by atoms with E-state index in [0.29, 0.717) is 5.52 Å². The van der Waals surface area contributed by atoms with Gasteiger partial charge in [0, 0.05) is 37.3 Å². The quantitative estimate of drug-likeness (QED) is 0.242. The average Bonchev–Trinajstić information content (AvgIpc) is 3.17. The van der Waals surface area contributed by atoms with Crippen LogP contribution in [0.15, 0.2) is 85.1 Å². The molecule has 0 aliphatic rings. The van der Waals surface area contributed by atoms with E-state index in [1.54, 1.807) is 18.3 Å². The number of aromatic nitrogens is 2. The van der Waals surface area contributed by atoms with Crippen molar-refractivity contribution in [2.45, 2.75) is 20.6 Å². The maximum absolute atomic E-state index is 8.35. The van der Waals surface area contributed by atoms with Gasteiger partial charge in [0.05, 0.1) is 10.9 Å². The summed E-state index contributed by atoms with van der Waals surface area (Å²) in [6.45, 7) is -2.63. The second kappa shape index (κ2) is 7.56. The van der Waals surface area contributed by atoms with Gasteiger partial charge < -0.3 is 4.57 Å². The van der Waals surface area contributed by atoms with Gasteiger partial charge in [-0.15, -0.1) is 0 Å².